The first kappa shape index (κ1) is 20.2. The van der Waals surface area contributed by atoms with Crippen molar-refractivity contribution in [3.05, 3.63) is 68.7 Å². The standard InChI is InChI=1S/C16H11ClF3N3O4/c17-12-7-9(23(26)27)5-6-10(12)15(25)22-13-4-2-1-3-11(13)14(24)21-8-16(18,19)20/h1-7H,8H2,(H,21,24)(H,22,25). The van der Waals surface area contributed by atoms with Gasteiger partial charge >= 0.3 is 6.18 Å². The van der Waals surface area contributed by atoms with Crippen LogP contribution in [-0.2, 0) is 0 Å². The lowest BCUT2D eigenvalue weighted by molar-refractivity contribution is -0.384. The number of carbonyl (C=O) groups is 2. The average Bonchev–Trinajstić information content (AvgIpc) is 2.59. The Hall–Kier alpha value is -3.14. The molecule has 0 aliphatic heterocycles. The molecule has 0 aromatic heterocycles. The third-order valence-electron chi connectivity index (χ3n) is 3.28. The summed E-state index contributed by atoms with van der Waals surface area (Å²) in [6, 6.07) is 8.62. The van der Waals surface area contributed by atoms with Crippen LogP contribution < -0.4 is 10.6 Å². The number of non-ortho nitro benzene ring substituents is 1. The molecule has 0 atom stereocenters. The molecule has 0 fully saturated rings. The molecule has 2 N–H and O–H groups in total. The van der Waals surface area contributed by atoms with Crippen LogP contribution in [0.1, 0.15) is 20.7 Å². The van der Waals surface area contributed by atoms with Crippen LogP contribution in [0.2, 0.25) is 5.02 Å². The molecular weight excluding hydrogens is 391 g/mol. The lowest BCUT2D eigenvalue weighted by Crippen LogP contribution is -2.34. The maximum absolute atomic E-state index is 12.3. The van der Waals surface area contributed by atoms with E-state index in [1.807, 2.05) is 0 Å². The van der Waals surface area contributed by atoms with Crippen LogP contribution in [0.25, 0.3) is 0 Å². The summed E-state index contributed by atoms with van der Waals surface area (Å²) in [5.41, 5.74) is -0.652. The number of hydrogen-bond donors (Lipinski definition) is 2. The number of rotatable bonds is 5. The van der Waals surface area contributed by atoms with E-state index in [2.05, 4.69) is 5.32 Å². The van der Waals surface area contributed by atoms with Gasteiger partial charge in [-0.15, -0.1) is 0 Å². The number of hydrogen-bond acceptors (Lipinski definition) is 4. The molecule has 7 nitrogen and oxygen atoms in total. The monoisotopic (exact) mass is 401 g/mol. The summed E-state index contributed by atoms with van der Waals surface area (Å²) in [7, 11) is 0. The van der Waals surface area contributed by atoms with Gasteiger partial charge in [-0.25, -0.2) is 0 Å². The first-order valence-electron chi connectivity index (χ1n) is 7.28. The van der Waals surface area contributed by atoms with Crippen LogP contribution in [0.15, 0.2) is 42.5 Å². The molecule has 0 bridgehead atoms. The van der Waals surface area contributed by atoms with Gasteiger partial charge in [-0.05, 0) is 18.2 Å². The van der Waals surface area contributed by atoms with Gasteiger partial charge in [-0.1, -0.05) is 23.7 Å². The van der Waals surface area contributed by atoms with Crippen molar-refractivity contribution in [1.82, 2.24) is 5.32 Å². The van der Waals surface area contributed by atoms with Crippen molar-refractivity contribution in [2.24, 2.45) is 0 Å². The molecule has 2 amide bonds. The van der Waals surface area contributed by atoms with Crippen molar-refractivity contribution >= 4 is 34.8 Å². The SMILES string of the molecule is O=C(Nc1ccccc1C(=O)NCC(F)(F)F)c1ccc([N+](=O)[O-])cc1Cl. The smallest absolute Gasteiger partial charge is 0.343 e. The summed E-state index contributed by atoms with van der Waals surface area (Å²) in [5, 5.41) is 14.6. The summed E-state index contributed by atoms with van der Waals surface area (Å²) in [6.45, 7) is -1.53. The Balaban J connectivity index is 2.22. The number of nitro benzene ring substituents is 1. The van der Waals surface area contributed by atoms with Crippen molar-refractivity contribution < 1.29 is 27.7 Å². The van der Waals surface area contributed by atoms with Crippen LogP contribution in [0.4, 0.5) is 24.5 Å². The number of benzene rings is 2. The molecule has 0 spiro atoms. The second-order valence-electron chi connectivity index (χ2n) is 5.22. The maximum atomic E-state index is 12.3. The van der Waals surface area contributed by atoms with Gasteiger partial charge in [0.2, 0.25) is 0 Å². The minimum absolute atomic E-state index is 0.0448. The number of nitrogens with one attached hydrogen (secondary N) is 2. The zero-order valence-corrected chi connectivity index (χ0v) is 14.1. The molecule has 2 aromatic rings. The highest BCUT2D eigenvalue weighted by Gasteiger charge is 2.28. The Morgan fingerprint density at radius 2 is 1.74 bits per heavy atom. The molecule has 27 heavy (non-hydrogen) atoms. The first-order valence-corrected chi connectivity index (χ1v) is 7.65. The number of amides is 2. The molecular formula is C16H11ClF3N3O4. The average molecular weight is 402 g/mol. The van der Waals surface area contributed by atoms with Gasteiger partial charge in [0.05, 0.1) is 26.8 Å². The number of para-hydroxylation sites is 1. The summed E-state index contributed by atoms with van der Waals surface area (Å²) < 4.78 is 36.8. The Bertz CT molecular complexity index is 903. The molecule has 11 heteroatoms. The molecule has 0 heterocycles. The minimum atomic E-state index is -4.58. The Kier molecular flexibility index (Phi) is 6.01. The molecule has 0 unspecified atom stereocenters. The predicted molar refractivity (Wildman–Crippen MR) is 90.9 cm³/mol. The zero-order chi connectivity index (χ0) is 20.2. The zero-order valence-electron chi connectivity index (χ0n) is 13.3. The summed E-state index contributed by atoms with van der Waals surface area (Å²) >= 11 is 5.87. The van der Waals surface area contributed by atoms with Crippen LogP contribution in [0.5, 0.6) is 0 Å². The molecule has 0 saturated carbocycles. The summed E-state index contributed by atoms with van der Waals surface area (Å²) in [6.07, 6.45) is -4.58. The Labute approximate surface area is 155 Å². The fourth-order valence-corrected chi connectivity index (χ4v) is 2.32. The highest BCUT2D eigenvalue weighted by atomic mass is 35.5. The van der Waals surface area contributed by atoms with Gasteiger partial charge < -0.3 is 10.6 Å². The predicted octanol–water partition coefficient (Wildman–Crippen LogP) is 3.79. The van der Waals surface area contributed by atoms with Crippen LogP contribution in [0.3, 0.4) is 0 Å². The van der Waals surface area contributed by atoms with E-state index in [1.165, 1.54) is 24.3 Å². The van der Waals surface area contributed by atoms with Crippen molar-refractivity contribution in [2.75, 3.05) is 11.9 Å². The normalized spacial score (nSPS) is 11.0. The quantitative estimate of drug-likeness (QED) is 0.587. The number of nitro groups is 1. The largest absolute Gasteiger partial charge is 0.405 e. The molecule has 0 saturated heterocycles. The number of nitrogens with zero attached hydrogens (tertiary/aromatic N) is 1. The summed E-state index contributed by atoms with van der Waals surface area (Å²) in [4.78, 5) is 34.3. The van der Waals surface area contributed by atoms with Gasteiger partial charge in [-0.3, -0.25) is 19.7 Å². The van der Waals surface area contributed by atoms with Crippen LogP contribution in [-0.4, -0.2) is 29.5 Å². The highest BCUT2D eigenvalue weighted by molar-refractivity contribution is 6.34. The van der Waals surface area contributed by atoms with Gasteiger partial charge in [0, 0.05) is 12.1 Å². The maximum Gasteiger partial charge on any atom is 0.405 e. The van der Waals surface area contributed by atoms with E-state index in [0.717, 1.165) is 18.2 Å². The molecule has 2 aromatic carbocycles. The Morgan fingerprint density at radius 3 is 2.33 bits per heavy atom. The minimum Gasteiger partial charge on any atom is -0.343 e. The van der Waals surface area contributed by atoms with E-state index in [1.54, 1.807) is 5.32 Å². The van der Waals surface area contributed by atoms with Gasteiger partial charge in [0.25, 0.3) is 17.5 Å². The fourth-order valence-electron chi connectivity index (χ4n) is 2.06. The third-order valence-corrected chi connectivity index (χ3v) is 3.59. The van der Waals surface area contributed by atoms with Crippen molar-refractivity contribution in [3.8, 4) is 0 Å². The molecule has 0 aliphatic carbocycles. The third kappa shape index (κ3) is 5.42. The fraction of sp³-hybridized carbons (Fsp3) is 0.125. The van der Waals surface area contributed by atoms with Crippen molar-refractivity contribution in [3.63, 3.8) is 0 Å². The number of alkyl halides is 3. The lowest BCUT2D eigenvalue weighted by atomic mass is 10.1. The molecule has 142 valence electrons. The van der Waals surface area contributed by atoms with Crippen molar-refractivity contribution in [1.29, 1.82) is 0 Å². The van der Waals surface area contributed by atoms with Crippen LogP contribution >= 0.6 is 11.6 Å². The van der Waals surface area contributed by atoms with E-state index in [4.69, 9.17) is 11.6 Å². The molecule has 2 rings (SSSR count). The molecule has 0 aliphatic rings. The second kappa shape index (κ2) is 8.04. The van der Waals surface area contributed by atoms with Crippen LogP contribution in [0, 0.1) is 10.1 Å². The topological polar surface area (TPSA) is 101 Å². The van der Waals surface area contributed by atoms with E-state index < -0.39 is 29.5 Å². The number of carbonyl (C=O) groups excluding carboxylic acids is 2. The number of anilines is 1. The lowest BCUT2D eigenvalue weighted by Gasteiger charge is -2.13. The highest BCUT2D eigenvalue weighted by Crippen LogP contribution is 2.24. The van der Waals surface area contributed by atoms with Gasteiger partial charge in [0.1, 0.15) is 6.54 Å². The Morgan fingerprint density at radius 1 is 1.07 bits per heavy atom. The summed E-state index contributed by atoms with van der Waals surface area (Å²) in [5.74, 6) is -1.82. The molecule has 0 radical (unpaired) electrons. The second-order valence-corrected chi connectivity index (χ2v) is 5.63. The van der Waals surface area contributed by atoms with Gasteiger partial charge in [0.15, 0.2) is 0 Å². The van der Waals surface area contributed by atoms with E-state index in [0.29, 0.717) is 0 Å². The number of halogens is 4. The van der Waals surface area contributed by atoms with E-state index in [9.17, 15) is 32.9 Å². The van der Waals surface area contributed by atoms with Gasteiger partial charge in [-0.2, -0.15) is 13.2 Å². The first-order chi connectivity index (χ1) is 12.6. The van der Waals surface area contributed by atoms with E-state index in [-0.39, 0.29) is 27.5 Å². The van der Waals surface area contributed by atoms with Crippen molar-refractivity contribution in [2.45, 2.75) is 6.18 Å². The van der Waals surface area contributed by atoms with E-state index >= 15 is 0 Å².